The molecular weight excluding hydrogens is 362 g/mol. The maximum Gasteiger partial charge on any atom is 0.333 e. The van der Waals surface area contributed by atoms with Crippen LogP contribution in [-0.2, 0) is 9.53 Å². The van der Waals surface area contributed by atoms with Gasteiger partial charge in [0, 0.05) is 21.9 Å². The average Bonchev–Trinajstić information content (AvgIpc) is 3.10. The summed E-state index contributed by atoms with van der Waals surface area (Å²) in [5.41, 5.74) is 1.92. The third-order valence-electron chi connectivity index (χ3n) is 3.08. The van der Waals surface area contributed by atoms with Gasteiger partial charge in [-0.15, -0.1) is 10.2 Å². The summed E-state index contributed by atoms with van der Waals surface area (Å²) >= 11 is 7.18. The Morgan fingerprint density at radius 3 is 2.72 bits per heavy atom. The van der Waals surface area contributed by atoms with E-state index in [1.807, 2.05) is 0 Å². The molecule has 1 heterocycles. The number of aliphatic imine (C=N–C) groups is 1. The molecule has 0 bridgehead atoms. The van der Waals surface area contributed by atoms with Crippen LogP contribution in [0.1, 0.15) is 6.92 Å². The number of halogens is 1. The summed E-state index contributed by atoms with van der Waals surface area (Å²) in [6.45, 7) is 5.18. The summed E-state index contributed by atoms with van der Waals surface area (Å²) in [7, 11) is 1.33. The van der Waals surface area contributed by atoms with E-state index in [0.29, 0.717) is 33.2 Å². The highest BCUT2D eigenvalue weighted by molar-refractivity contribution is 7.99. The summed E-state index contributed by atoms with van der Waals surface area (Å²) in [6, 6.07) is 7.13. The van der Waals surface area contributed by atoms with Crippen molar-refractivity contribution < 1.29 is 13.9 Å². The molecule has 0 spiro atoms. The SMILES string of the molecule is C=N/C(=C\C=C(/C)C(=O)OC)CSc1nnc(-c2ccc(Cl)cc2)o1. The number of carbonyl (C=O) groups is 1. The van der Waals surface area contributed by atoms with Crippen molar-refractivity contribution in [3.63, 3.8) is 0 Å². The van der Waals surface area contributed by atoms with E-state index in [1.54, 1.807) is 43.3 Å². The number of nitrogens with zero attached hydrogens (tertiary/aromatic N) is 3. The van der Waals surface area contributed by atoms with Crippen molar-refractivity contribution in [2.24, 2.45) is 4.99 Å². The maximum atomic E-state index is 11.3. The number of thioether (sulfide) groups is 1. The second kappa shape index (κ2) is 9.19. The second-order valence-electron chi connectivity index (χ2n) is 4.83. The third kappa shape index (κ3) is 5.58. The topological polar surface area (TPSA) is 77.6 Å². The molecule has 6 nitrogen and oxygen atoms in total. The Bertz CT molecular complexity index is 813. The van der Waals surface area contributed by atoms with Crippen LogP contribution in [-0.4, -0.2) is 35.7 Å². The molecule has 2 aromatic rings. The molecule has 0 saturated heterocycles. The van der Waals surface area contributed by atoms with Crippen molar-refractivity contribution in [1.29, 1.82) is 0 Å². The molecule has 0 unspecified atom stereocenters. The highest BCUT2D eigenvalue weighted by Crippen LogP contribution is 2.25. The van der Waals surface area contributed by atoms with Crippen molar-refractivity contribution in [2.75, 3.05) is 12.9 Å². The molecule has 0 amide bonds. The zero-order valence-corrected chi connectivity index (χ0v) is 15.3. The summed E-state index contributed by atoms with van der Waals surface area (Å²) in [6.07, 6.45) is 3.33. The summed E-state index contributed by atoms with van der Waals surface area (Å²) in [5, 5.41) is 9.05. The first-order valence-electron chi connectivity index (χ1n) is 7.18. The number of esters is 1. The van der Waals surface area contributed by atoms with E-state index >= 15 is 0 Å². The van der Waals surface area contributed by atoms with Gasteiger partial charge in [-0.25, -0.2) is 4.79 Å². The van der Waals surface area contributed by atoms with Crippen LogP contribution in [0.3, 0.4) is 0 Å². The predicted molar refractivity (Wildman–Crippen MR) is 98.9 cm³/mol. The van der Waals surface area contributed by atoms with E-state index in [2.05, 4.69) is 26.6 Å². The zero-order chi connectivity index (χ0) is 18.2. The number of rotatable bonds is 7. The molecule has 0 radical (unpaired) electrons. The maximum absolute atomic E-state index is 11.3. The quantitative estimate of drug-likeness (QED) is 0.237. The van der Waals surface area contributed by atoms with Gasteiger partial charge >= 0.3 is 5.97 Å². The average molecular weight is 378 g/mol. The van der Waals surface area contributed by atoms with Crippen LogP contribution >= 0.6 is 23.4 Å². The number of allylic oxidation sites excluding steroid dienone is 2. The molecule has 1 aromatic carbocycles. The standard InChI is InChI=1S/C17H16ClN3O3S/c1-11(16(22)23-3)4-9-14(19-2)10-25-17-21-20-15(24-17)12-5-7-13(18)8-6-12/h4-9H,2,10H2,1,3H3/b11-4+,14-9-. The van der Waals surface area contributed by atoms with Crippen molar-refractivity contribution in [2.45, 2.75) is 12.1 Å². The van der Waals surface area contributed by atoms with Crippen LogP contribution in [0.4, 0.5) is 0 Å². The Morgan fingerprint density at radius 2 is 2.08 bits per heavy atom. The second-order valence-corrected chi connectivity index (χ2v) is 6.19. The van der Waals surface area contributed by atoms with Gasteiger partial charge < -0.3 is 9.15 Å². The minimum Gasteiger partial charge on any atom is -0.466 e. The lowest BCUT2D eigenvalue weighted by Gasteiger charge is -1.99. The van der Waals surface area contributed by atoms with Crippen LogP contribution in [0.15, 0.2) is 62.3 Å². The van der Waals surface area contributed by atoms with Crippen LogP contribution in [0.25, 0.3) is 11.5 Å². The van der Waals surface area contributed by atoms with Crippen molar-refractivity contribution >= 4 is 36.0 Å². The molecule has 0 aliphatic rings. The fourth-order valence-corrected chi connectivity index (χ4v) is 2.53. The Morgan fingerprint density at radius 1 is 1.36 bits per heavy atom. The molecule has 2 rings (SSSR count). The largest absolute Gasteiger partial charge is 0.466 e. The van der Waals surface area contributed by atoms with Gasteiger partial charge in [-0.05, 0) is 44.0 Å². The predicted octanol–water partition coefficient (Wildman–Crippen LogP) is 4.19. The van der Waals surface area contributed by atoms with E-state index in [1.165, 1.54) is 18.9 Å². The normalized spacial score (nSPS) is 12.1. The Kier molecular flexibility index (Phi) is 6.97. The summed E-state index contributed by atoms with van der Waals surface area (Å²) in [4.78, 5) is 15.3. The molecule has 130 valence electrons. The number of hydrogen-bond donors (Lipinski definition) is 0. The minimum absolute atomic E-state index is 0.392. The van der Waals surface area contributed by atoms with E-state index in [-0.39, 0.29) is 0 Å². The lowest BCUT2D eigenvalue weighted by atomic mass is 10.2. The molecule has 1 aromatic heterocycles. The highest BCUT2D eigenvalue weighted by atomic mass is 35.5. The fourth-order valence-electron chi connectivity index (χ4n) is 1.71. The van der Waals surface area contributed by atoms with E-state index in [0.717, 1.165) is 5.56 Å². The molecule has 0 saturated carbocycles. The summed E-state index contributed by atoms with van der Waals surface area (Å²) in [5.74, 6) is 0.492. The van der Waals surface area contributed by atoms with Gasteiger partial charge in [-0.3, -0.25) is 4.99 Å². The molecule has 0 fully saturated rings. The van der Waals surface area contributed by atoms with Crippen LogP contribution in [0.5, 0.6) is 0 Å². The number of aromatic nitrogens is 2. The monoisotopic (exact) mass is 377 g/mol. The minimum atomic E-state index is -0.392. The molecular formula is C17H16ClN3O3S. The van der Waals surface area contributed by atoms with Gasteiger partial charge in [-0.2, -0.15) is 0 Å². The van der Waals surface area contributed by atoms with Crippen LogP contribution < -0.4 is 0 Å². The summed E-state index contributed by atoms with van der Waals surface area (Å²) < 4.78 is 10.2. The van der Waals surface area contributed by atoms with Gasteiger partial charge in [0.05, 0.1) is 12.8 Å². The van der Waals surface area contributed by atoms with E-state index in [4.69, 9.17) is 16.0 Å². The molecule has 0 aliphatic carbocycles. The molecule has 0 atom stereocenters. The number of benzene rings is 1. The first-order chi connectivity index (χ1) is 12.0. The van der Waals surface area contributed by atoms with Gasteiger partial charge in [0.1, 0.15) is 0 Å². The van der Waals surface area contributed by atoms with Crippen molar-refractivity contribution in [3.8, 4) is 11.5 Å². The Hall–Kier alpha value is -2.38. The van der Waals surface area contributed by atoms with Gasteiger partial charge in [-0.1, -0.05) is 29.4 Å². The van der Waals surface area contributed by atoms with E-state index < -0.39 is 5.97 Å². The third-order valence-corrected chi connectivity index (χ3v) is 4.18. The van der Waals surface area contributed by atoms with Crippen LogP contribution in [0, 0.1) is 0 Å². The number of ether oxygens (including phenoxy) is 1. The Balaban J connectivity index is 2.01. The number of carbonyl (C=O) groups excluding carboxylic acids is 1. The molecule has 25 heavy (non-hydrogen) atoms. The smallest absolute Gasteiger partial charge is 0.333 e. The van der Waals surface area contributed by atoms with Crippen molar-refractivity contribution in [1.82, 2.24) is 10.2 Å². The van der Waals surface area contributed by atoms with Crippen LogP contribution in [0.2, 0.25) is 5.02 Å². The van der Waals surface area contributed by atoms with Gasteiger partial charge in [0.2, 0.25) is 5.89 Å². The first-order valence-corrected chi connectivity index (χ1v) is 8.54. The fraction of sp³-hybridized carbons (Fsp3) is 0.176. The van der Waals surface area contributed by atoms with Crippen molar-refractivity contribution in [3.05, 3.63) is 52.7 Å². The first kappa shape index (κ1) is 19.0. The molecule has 0 aliphatic heterocycles. The van der Waals surface area contributed by atoms with E-state index in [9.17, 15) is 4.79 Å². The molecule has 8 heteroatoms. The Labute approximate surface area is 154 Å². The molecule has 0 N–H and O–H groups in total. The number of hydrogen-bond acceptors (Lipinski definition) is 7. The lowest BCUT2D eigenvalue weighted by Crippen LogP contribution is -2.00. The highest BCUT2D eigenvalue weighted by Gasteiger charge is 2.09. The van der Waals surface area contributed by atoms with Gasteiger partial charge in [0.25, 0.3) is 5.22 Å². The number of methoxy groups -OCH3 is 1. The lowest BCUT2D eigenvalue weighted by molar-refractivity contribution is -0.136. The van der Waals surface area contributed by atoms with Gasteiger partial charge in [0.15, 0.2) is 0 Å². The zero-order valence-electron chi connectivity index (χ0n) is 13.7.